The molecule has 4 nitrogen and oxygen atoms in total. The molecule has 0 saturated carbocycles. The van der Waals surface area contributed by atoms with E-state index in [1.807, 2.05) is 31.2 Å². The van der Waals surface area contributed by atoms with Crippen LogP contribution in [0.1, 0.15) is 18.5 Å². The highest BCUT2D eigenvalue weighted by atomic mass is 35.5. The fraction of sp³-hybridized carbons (Fsp3) is 0.235. The highest BCUT2D eigenvalue weighted by molar-refractivity contribution is 6.31. The van der Waals surface area contributed by atoms with Crippen molar-refractivity contribution >= 4 is 23.2 Å². The Hall–Kier alpha value is -2.04. The van der Waals surface area contributed by atoms with Gasteiger partial charge in [0.1, 0.15) is 5.75 Å². The van der Waals surface area contributed by atoms with Gasteiger partial charge in [-0.25, -0.2) is 0 Å². The van der Waals surface area contributed by atoms with Crippen molar-refractivity contribution in [3.05, 3.63) is 59.1 Å². The van der Waals surface area contributed by atoms with E-state index < -0.39 is 0 Å². The molecule has 2 aromatic carbocycles. The number of benzene rings is 2. The van der Waals surface area contributed by atoms with Crippen LogP contribution in [-0.4, -0.2) is 19.6 Å². The molecule has 2 aromatic rings. The summed E-state index contributed by atoms with van der Waals surface area (Å²) in [5.74, 6) is 0.646. The predicted octanol–water partition coefficient (Wildman–Crippen LogP) is 3.64. The zero-order valence-electron chi connectivity index (χ0n) is 12.6. The zero-order valence-corrected chi connectivity index (χ0v) is 13.4. The fourth-order valence-corrected chi connectivity index (χ4v) is 2.36. The number of methoxy groups -OCH3 is 1. The van der Waals surface area contributed by atoms with Gasteiger partial charge < -0.3 is 15.4 Å². The Morgan fingerprint density at radius 3 is 2.50 bits per heavy atom. The lowest BCUT2D eigenvalue weighted by Crippen LogP contribution is -2.30. The molecular formula is C17H19ClN2O2. The molecule has 0 aliphatic rings. The van der Waals surface area contributed by atoms with Gasteiger partial charge >= 0.3 is 0 Å². The van der Waals surface area contributed by atoms with Crippen LogP contribution in [0, 0.1) is 0 Å². The molecule has 5 heteroatoms. The van der Waals surface area contributed by atoms with Crippen molar-refractivity contribution in [2.45, 2.75) is 13.0 Å². The van der Waals surface area contributed by atoms with Crippen molar-refractivity contribution < 1.29 is 9.53 Å². The average Bonchev–Trinajstić information content (AvgIpc) is 2.54. The van der Waals surface area contributed by atoms with Crippen LogP contribution in [0.5, 0.6) is 5.75 Å². The van der Waals surface area contributed by atoms with E-state index in [0.29, 0.717) is 5.02 Å². The summed E-state index contributed by atoms with van der Waals surface area (Å²) in [6, 6.07) is 14.8. The molecule has 0 aliphatic carbocycles. The number of hydrogen-bond acceptors (Lipinski definition) is 3. The third-order valence-electron chi connectivity index (χ3n) is 3.31. The quantitative estimate of drug-likeness (QED) is 0.855. The maximum absolute atomic E-state index is 11.9. The SMILES string of the molecule is COc1ccc(NC(=O)CNC(C)c2ccccc2Cl)cc1. The summed E-state index contributed by atoms with van der Waals surface area (Å²) in [5.41, 5.74) is 1.71. The molecule has 1 unspecified atom stereocenters. The Labute approximate surface area is 135 Å². The molecule has 1 atom stereocenters. The first-order valence-electron chi connectivity index (χ1n) is 7.02. The first-order chi connectivity index (χ1) is 10.6. The minimum absolute atomic E-state index is 0.00434. The fourth-order valence-electron chi connectivity index (χ4n) is 2.06. The number of amides is 1. The van der Waals surface area contributed by atoms with Crippen LogP contribution in [0.3, 0.4) is 0 Å². The van der Waals surface area contributed by atoms with Crippen LogP contribution in [0.2, 0.25) is 5.02 Å². The Kier molecular flexibility index (Phi) is 5.81. The van der Waals surface area contributed by atoms with Gasteiger partial charge in [0.2, 0.25) is 5.91 Å². The van der Waals surface area contributed by atoms with Gasteiger partial charge in [0.25, 0.3) is 0 Å². The van der Waals surface area contributed by atoms with E-state index in [0.717, 1.165) is 17.0 Å². The number of halogens is 1. The third-order valence-corrected chi connectivity index (χ3v) is 3.66. The van der Waals surface area contributed by atoms with Crippen LogP contribution in [0.4, 0.5) is 5.69 Å². The van der Waals surface area contributed by atoms with Gasteiger partial charge in [0.15, 0.2) is 0 Å². The van der Waals surface area contributed by atoms with Crippen LogP contribution in [0.25, 0.3) is 0 Å². The summed E-state index contributed by atoms with van der Waals surface area (Å²) in [6.45, 7) is 2.18. The van der Waals surface area contributed by atoms with E-state index in [9.17, 15) is 4.79 Å². The van der Waals surface area contributed by atoms with Crippen LogP contribution in [-0.2, 0) is 4.79 Å². The summed E-state index contributed by atoms with van der Waals surface area (Å²) in [5, 5.41) is 6.68. The maximum atomic E-state index is 11.9. The zero-order chi connectivity index (χ0) is 15.9. The van der Waals surface area contributed by atoms with Crippen molar-refractivity contribution in [2.75, 3.05) is 19.0 Å². The van der Waals surface area contributed by atoms with E-state index in [4.69, 9.17) is 16.3 Å². The topological polar surface area (TPSA) is 50.4 Å². The molecule has 0 aliphatic heterocycles. The molecule has 0 bridgehead atoms. The molecule has 0 saturated heterocycles. The van der Waals surface area contributed by atoms with E-state index in [2.05, 4.69) is 10.6 Å². The van der Waals surface area contributed by atoms with E-state index in [-0.39, 0.29) is 18.5 Å². The predicted molar refractivity (Wildman–Crippen MR) is 89.5 cm³/mol. The molecule has 22 heavy (non-hydrogen) atoms. The summed E-state index contributed by atoms with van der Waals surface area (Å²) in [7, 11) is 1.60. The minimum atomic E-state index is -0.107. The van der Waals surface area contributed by atoms with Crippen molar-refractivity contribution in [1.82, 2.24) is 5.32 Å². The maximum Gasteiger partial charge on any atom is 0.238 e. The second kappa shape index (κ2) is 7.82. The average molecular weight is 319 g/mol. The van der Waals surface area contributed by atoms with E-state index in [1.165, 1.54) is 0 Å². The van der Waals surface area contributed by atoms with Crippen molar-refractivity contribution in [1.29, 1.82) is 0 Å². The molecule has 0 fully saturated rings. The number of rotatable bonds is 6. The number of anilines is 1. The Morgan fingerprint density at radius 1 is 1.18 bits per heavy atom. The standard InChI is InChI=1S/C17H19ClN2O2/c1-12(15-5-3-4-6-16(15)18)19-11-17(21)20-13-7-9-14(22-2)10-8-13/h3-10,12,19H,11H2,1-2H3,(H,20,21). The normalized spacial score (nSPS) is 11.8. The van der Waals surface area contributed by atoms with Gasteiger partial charge in [0, 0.05) is 16.8 Å². The van der Waals surface area contributed by atoms with Crippen LogP contribution >= 0.6 is 11.6 Å². The van der Waals surface area contributed by atoms with Gasteiger partial charge in [-0.05, 0) is 42.8 Å². The summed E-state index contributed by atoms with van der Waals surface area (Å²) in [4.78, 5) is 11.9. The third kappa shape index (κ3) is 4.48. The lowest BCUT2D eigenvalue weighted by atomic mass is 10.1. The number of nitrogens with one attached hydrogen (secondary N) is 2. The number of hydrogen-bond donors (Lipinski definition) is 2. The lowest BCUT2D eigenvalue weighted by Gasteiger charge is -2.15. The minimum Gasteiger partial charge on any atom is -0.497 e. The van der Waals surface area contributed by atoms with Gasteiger partial charge in [-0.1, -0.05) is 29.8 Å². The van der Waals surface area contributed by atoms with Crippen LogP contribution < -0.4 is 15.4 Å². The number of carbonyl (C=O) groups excluding carboxylic acids is 1. The number of ether oxygens (including phenoxy) is 1. The Balaban J connectivity index is 1.85. The van der Waals surface area contributed by atoms with Crippen LogP contribution in [0.15, 0.2) is 48.5 Å². The highest BCUT2D eigenvalue weighted by Gasteiger charge is 2.10. The Bertz CT molecular complexity index is 629. The van der Waals surface area contributed by atoms with Crippen molar-refractivity contribution in [3.63, 3.8) is 0 Å². The van der Waals surface area contributed by atoms with Crippen molar-refractivity contribution in [3.8, 4) is 5.75 Å². The molecule has 2 rings (SSSR count). The molecule has 0 aromatic heterocycles. The lowest BCUT2D eigenvalue weighted by molar-refractivity contribution is -0.115. The molecular weight excluding hydrogens is 300 g/mol. The van der Waals surface area contributed by atoms with Crippen molar-refractivity contribution in [2.24, 2.45) is 0 Å². The molecule has 2 N–H and O–H groups in total. The first-order valence-corrected chi connectivity index (χ1v) is 7.39. The molecule has 0 heterocycles. The monoisotopic (exact) mass is 318 g/mol. The van der Waals surface area contributed by atoms with Gasteiger partial charge in [0.05, 0.1) is 13.7 Å². The highest BCUT2D eigenvalue weighted by Crippen LogP contribution is 2.22. The molecule has 0 spiro atoms. The van der Waals surface area contributed by atoms with E-state index >= 15 is 0 Å². The summed E-state index contributed by atoms with van der Waals surface area (Å²) >= 11 is 6.14. The second-order valence-electron chi connectivity index (χ2n) is 4.90. The van der Waals surface area contributed by atoms with Gasteiger partial charge in [-0.2, -0.15) is 0 Å². The largest absolute Gasteiger partial charge is 0.497 e. The molecule has 1 amide bonds. The smallest absolute Gasteiger partial charge is 0.238 e. The summed E-state index contributed by atoms with van der Waals surface area (Å²) < 4.78 is 5.08. The van der Waals surface area contributed by atoms with E-state index in [1.54, 1.807) is 31.4 Å². The molecule has 0 radical (unpaired) electrons. The summed E-state index contributed by atoms with van der Waals surface area (Å²) in [6.07, 6.45) is 0. The second-order valence-corrected chi connectivity index (χ2v) is 5.31. The Morgan fingerprint density at radius 2 is 1.86 bits per heavy atom. The molecule has 116 valence electrons. The van der Waals surface area contributed by atoms with Gasteiger partial charge in [-0.3, -0.25) is 4.79 Å². The first kappa shape index (κ1) is 16.3. The van der Waals surface area contributed by atoms with Gasteiger partial charge in [-0.15, -0.1) is 0 Å². The number of carbonyl (C=O) groups is 1.